The largest absolute Gasteiger partial charge is 0.496 e. The Morgan fingerprint density at radius 1 is 1.47 bits per heavy atom. The first kappa shape index (κ1) is 13.9. The quantitative estimate of drug-likeness (QED) is 0.887. The van der Waals surface area contributed by atoms with Gasteiger partial charge in [0.15, 0.2) is 0 Å². The molecule has 0 saturated carbocycles. The molecule has 4 nitrogen and oxygen atoms in total. The summed E-state index contributed by atoms with van der Waals surface area (Å²) in [5.41, 5.74) is 1.04. The van der Waals surface area contributed by atoms with Crippen LogP contribution >= 0.6 is 0 Å². The van der Waals surface area contributed by atoms with Gasteiger partial charge in [0, 0.05) is 6.54 Å². The SMILES string of the molecule is COc1ccc(C)cc1C(=O)N1CCC(O)C1(C)C. The number of ether oxygens (including phenoxy) is 1. The van der Waals surface area contributed by atoms with Crippen LogP contribution in [0, 0.1) is 6.92 Å². The average molecular weight is 263 g/mol. The Balaban J connectivity index is 2.37. The van der Waals surface area contributed by atoms with Crippen molar-refractivity contribution in [1.29, 1.82) is 0 Å². The number of rotatable bonds is 2. The molecule has 1 aromatic rings. The summed E-state index contributed by atoms with van der Waals surface area (Å²) < 4.78 is 5.27. The van der Waals surface area contributed by atoms with E-state index in [-0.39, 0.29) is 5.91 Å². The van der Waals surface area contributed by atoms with Gasteiger partial charge >= 0.3 is 0 Å². The topological polar surface area (TPSA) is 49.8 Å². The fourth-order valence-corrected chi connectivity index (χ4v) is 2.57. The van der Waals surface area contributed by atoms with Crippen molar-refractivity contribution in [1.82, 2.24) is 4.90 Å². The summed E-state index contributed by atoms with van der Waals surface area (Å²) in [6.45, 7) is 6.31. The zero-order valence-electron chi connectivity index (χ0n) is 11.9. The van der Waals surface area contributed by atoms with Crippen LogP contribution in [0.4, 0.5) is 0 Å². The van der Waals surface area contributed by atoms with E-state index in [1.165, 1.54) is 0 Å². The first-order valence-electron chi connectivity index (χ1n) is 6.52. The summed E-state index contributed by atoms with van der Waals surface area (Å²) in [6.07, 6.45) is 0.139. The van der Waals surface area contributed by atoms with Crippen LogP contribution in [0.25, 0.3) is 0 Å². The van der Waals surface area contributed by atoms with Crippen LogP contribution in [0.15, 0.2) is 18.2 Å². The Labute approximate surface area is 114 Å². The van der Waals surface area contributed by atoms with Crippen LogP contribution in [0.5, 0.6) is 5.75 Å². The van der Waals surface area contributed by atoms with E-state index in [0.717, 1.165) is 5.56 Å². The van der Waals surface area contributed by atoms with E-state index in [1.807, 2.05) is 39.0 Å². The van der Waals surface area contributed by atoms with Gasteiger partial charge in [0.2, 0.25) is 0 Å². The molecule has 4 heteroatoms. The monoisotopic (exact) mass is 263 g/mol. The Morgan fingerprint density at radius 2 is 2.16 bits per heavy atom. The molecule has 1 fully saturated rings. The third-order valence-electron chi connectivity index (χ3n) is 3.97. The van der Waals surface area contributed by atoms with Gasteiger partial charge in [-0.1, -0.05) is 11.6 Å². The molecule has 1 atom stereocenters. The number of likely N-dealkylation sites (tertiary alicyclic amines) is 1. The normalized spacial score (nSPS) is 21.5. The molecular formula is C15H21NO3. The first-order chi connectivity index (χ1) is 8.87. The summed E-state index contributed by atoms with van der Waals surface area (Å²) in [5.74, 6) is 0.495. The smallest absolute Gasteiger partial charge is 0.258 e. The van der Waals surface area contributed by atoms with E-state index in [2.05, 4.69) is 0 Å². The van der Waals surface area contributed by atoms with Crippen molar-refractivity contribution in [2.24, 2.45) is 0 Å². The van der Waals surface area contributed by atoms with Crippen molar-refractivity contribution >= 4 is 5.91 Å². The fraction of sp³-hybridized carbons (Fsp3) is 0.533. The number of aliphatic hydroxyl groups excluding tert-OH is 1. The molecule has 0 spiro atoms. The van der Waals surface area contributed by atoms with Crippen LogP contribution in [0.2, 0.25) is 0 Å². The predicted octanol–water partition coefficient (Wildman–Crippen LogP) is 1.99. The molecule has 1 aliphatic rings. The molecule has 2 rings (SSSR count). The lowest BCUT2D eigenvalue weighted by molar-refractivity contribution is 0.0392. The minimum Gasteiger partial charge on any atom is -0.496 e. The lowest BCUT2D eigenvalue weighted by Crippen LogP contribution is -2.48. The van der Waals surface area contributed by atoms with Gasteiger partial charge in [0.1, 0.15) is 5.75 Å². The lowest BCUT2D eigenvalue weighted by atomic mass is 9.98. The van der Waals surface area contributed by atoms with Crippen LogP contribution in [-0.2, 0) is 0 Å². The Hall–Kier alpha value is -1.55. The third-order valence-corrected chi connectivity index (χ3v) is 3.97. The molecule has 104 valence electrons. The van der Waals surface area contributed by atoms with Crippen molar-refractivity contribution in [2.75, 3.05) is 13.7 Å². The summed E-state index contributed by atoms with van der Waals surface area (Å²) in [6, 6.07) is 5.56. The van der Waals surface area contributed by atoms with E-state index >= 15 is 0 Å². The van der Waals surface area contributed by atoms with Crippen LogP contribution in [0.1, 0.15) is 36.2 Å². The number of benzene rings is 1. The van der Waals surface area contributed by atoms with Gasteiger partial charge in [-0.3, -0.25) is 4.79 Å². The van der Waals surface area contributed by atoms with Crippen molar-refractivity contribution in [3.05, 3.63) is 29.3 Å². The second kappa shape index (κ2) is 4.85. The van der Waals surface area contributed by atoms with Crippen molar-refractivity contribution in [3.63, 3.8) is 0 Å². The van der Waals surface area contributed by atoms with Crippen molar-refractivity contribution in [2.45, 2.75) is 38.8 Å². The highest BCUT2D eigenvalue weighted by Gasteiger charge is 2.43. The highest BCUT2D eigenvalue weighted by molar-refractivity contribution is 5.97. The number of hydrogen-bond donors (Lipinski definition) is 1. The second-order valence-corrected chi connectivity index (χ2v) is 5.62. The highest BCUT2D eigenvalue weighted by atomic mass is 16.5. The molecule has 1 aromatic carbocycles. The number of nitrogens with zero attached hydrogens (tertiary/aromatic N) is 1. The van der Waals surface area contributed by atoms with E-state index in [1.54, 1.807) is 12.0 Å². The number of hydrogen-bond acceptors (Lipinski definition) is 3. The van der Waals surface area contributed by atoms with Gasteiger partial charge < -0.3 is 14.7 Å². The fourth-order valence-electron chi connectivity index (χ4n) is 2.57. The molecule has 0 aliphatic carbocycles. The van der Waals surface area contributed by atoms with Gasteiger partial charge in [-0.25, -0.2) is 0 Å². The molecule has 0 radical (unpaired) electrons. The van der Waals surface area contributed by atoms with E-state index in [4.69, 9.17) is 4.74 Å². The number of aryl methyl sites for hydroxylation is 1. The number of methoxy groups -OCH3 is 1. The average Bonchev–Trinajstić information content (AvgIpc) is 2.63. The van der Waals surface area contributed by atoms with Gasteiger partial charge in [-0.15, -0.1) is 0 Å². The summed E-state index contributed by atoms with van der Waals surface area (Å²) in [7, 11) is 1.56. The van der Waals surface area contributed by atoms with Gasteiger partial charge in [-0.05, 0) is 39.3 Å². The predicted molar refractivity (Wildman–Crippen MR) is 73.5 cm³/mol. The highest BCUT2D eigenvalue weighted by Crippen LogP contribution is 2.32. The van der Waals surface area contributed by atoms with Crippen molar-refractivity contribution in [3.8, 4) is 5.75 Å². The Morgan fingerprint density at radius 3 is 2.68 bits per heavy atom. The number of carbonyl (C=O) groups excluding carboxylic acids is 1. The molecule has 0 aromatic heterocycles. The number of amides is 1. The lowest BCUT2D eigenvalue weighted by Gasteiger charge is -2.34. The summed E-state index contributed by atoms with van der Waals surface area (Å²) in [5, 5.41) is 9.98. The standard InChI is InChI=1S/C15H21NO3/c1-10-5-6-12(19-4)11(9-10)14(18)16-8-7-13(17)15(16,2)3/h5-6,9,13,17H,7-8H2,1-4H3. The molecule has 1 heterocycles. The van der Waals surface area contributed by atoms with Gasteiger partial charge in [0.05, 0.1) is 24.3 Å². The molecule has 1 saturated heterocycles. The summed E-state index contributed by atoms with van der Waals surface area (Å²) in [4.78, 5) is 14.4. The zero-order valence-corrected chi connectivity index (χ0v) is 11.9. The molecule has 1 amide bonds. The van der Waals surface area contributed by atoms with E-state index < -0.39 is 11.6 Å². The summed E-state index contributed by atoms with van der Waals surface area (Å²) >= 11 is 0. The third kappa shape index (κ3) is 2.32. The molecular weight excluding hydrogens is 242 g/mol. The number of carbonyl (C=O) groups is 1. The van der Waals surface area contributed by atoms with E-state index in [9.17, 15) is 9.90 Å². The maximum atomic E-state index is 12.7. The minimum atomic E-state index is -0.536. The maximum Gasteiger partial charge on any atom is 0.258 e. The molecule has 1 aliphatic heterocycles. The van der Waals surface area contributed by atoms with Crippen LogP contribution in [0.3, 0.4) is 0 Å². The molecule has 0 bridgehead atoms. The number of aliphatic hydroxyl groups is 1. The van der Waals surface area contributed by atoms with Crippen LogP contribution < -0.4 is 4.74 Å². The van der Waals surface area contributed by atoms with Crippen molar-refractivity contribution < 1.29 is 14.6 Å². The molecule has 1 N–H and O–H groups in total. The Kier molecular flexibility index (Phi) is 3.54. The molecule has 19 heavy (non-hydrogen) atoms. The van der Waals surface area contributed by atoms with E-state index in [0.29, 0.717) is 24.3 Å². The second-order valence-electron chi connectivity index (χ2n) is 5.62. The molecule has 1 unspecified atom stereocenters. The maximum absolute atomic E-state index is 12.7. The van der Waals surface area contributed by atoms with Crippen LogP contribution in [-0.4, -0.2) is 41.2 Å². The Bertz CT molecular complexity index is 496. The van der Waals surface area contributed by atoms with Gasteiger partial charge in [0.25, 0.3) is 5.91 Å². The zero-order chi connectivity index (χ0) is 14.2. The first-order valence-corrected chi connectivity index (χ1v) is 6.52. The minimum absolute atomic E-state index is 0.0814. The van der Waals surface area contributed by atoms with Gasteiger partial charge in [-0.2, -0.15) is 0 Å².